The van der Waals surface area contributed by atoms with Crippen LogP contribution in [0.15, 0.2) is 71.5 Å². The number of piperazine rings is 1. The molecule has 1 aliphatic heterocycles. The van der Waals surface area contributed by atoms with Crippen molar-refractivity contribution in [1.82, 2.24) is 19.2 Å². The molecule has 1 saturated heterocycles. The monoisotopic (exact) mass is 402 g/mol. The van der Waals surface area contributed by atoms with E-state index >= 15 is 0 Å². The van der Waals surface area contributed by atoms with E-state index in [0.29, 0.717) is 6.54 Å². The van der Waals surface area contributed by atoms with Gasteiger partial charge in [0.15, 0.2) is 0 Å². The Balaban J connectivity index is 1.36. The van der Waals surface area contributed by atoms with Crippen molar-refractivity contribution in [1.29, 1.82) is 0 Å². The van der Waals surface area contributed by atoms with E-state index in [1.165, 1.54) is 5.56 Å². The van der Waals surface area contributed by atoms with Crippen LogP contribution >= 0.6 is 0 Å². The van der Waals surface area contributed by atoms with E-state index in [-0.39, 0.29) is 5.56 Å². The lowest BCUT2D eigenvalue weighted by Gasteiger charge is -2.33. The Kier molecular flexibility index (Phi) is 6.31. The molecule has 0 N–H and O–H groups in total. The van der Waals surface area contributed by atoms with Crippen LogP contribution < -0.4 is 5.56 Å². The van der Waals surface area contributed by atoms with E-state index in [1.807, 2.05) is 55.1 Å². The number of rotatable bonds is 6. The van der Waals surface area contributed by atoms with Crippen molar-refractivity contribution >= 4 is 6.08 Å². The molecule has 30 heavy (non-hydrogen) atoms. The third-order valence-corrected chi connectivity index (χ3v) is 5.99. The van der Waals surface area contributed by atoms with Crippen molar-refractivity contribution in [3.63, 3.8) is 0 Å². The second-order valence-electron chi connectivity index (χ2n) is 7.93. The Bertz CT molecular complexity index is 1040. The fourth-order valence-corrected chi connectivity index (χ4v) is 4.06. The zero-order valence-corrected chi connectivity index (χ0v) is 17.9. The molecular formula is C25H30N4O. The maximum Gasteiger partial charge on any atom is 0.276 e. The molecule has 1 aromatic heterocycles. The first-order chi connectivity index (χ1) is 14.6. The number of hydrogen-bond acceptors (Lipinski definition) is 3. The maximum atomic E-state index is 13.1. The summed E-state index contributed by atoms with van der Waals surface area (Å²) in [6, 6.07) is 20.3. The van der Waals surface area contributed by atoms with Gasteiger partial charge in [-0.25, -0.2) is 4.68 Å². The molecule has 5 heteroatoms. The molecule has 0 aliphatic carbocycles. The van der Waals surface area contributed by atoms with Crippen molar-refractivity contribution in [2.24, 2.45) is 7.05 Å². The van der Waals surface area contributed by atoms with Crippen LogP contribution in [0.25, 0.3) is 11.8 Å². The average molecular weight is 403 g/mol. The molecule has 0 bridgehead atoms. The van der Waals surface area contributed by atoms with Gasteiger partial charge < -0.3 is 0 Å². The van der Waals surface area contributed by atoms with Gasteiger partial charge in [0.05, 0.1) is 11.3 Å². The zero-order valence-electron chi connectivity index (χ0n) is 17.9. The molecule has 2 aromatic carbocycles. The van der Waals surface area contributed by atoms with Gasteiger partial charge in [0.2, 0.25) is 0 Å². The maximum absolute atomic E-state index is 13.1. The number of nitrogens with zero attached hydrogens (tertiary/aromatic N) is 4. The minimum absolute atomic E-state index is 0.0921. The molecule has 0 saturated carbocycles. The summed E-state index contributed by atoms with van der Waals surface area (Å²) in [6.07, 6.45) is 4.43. The first kappa shape index (κ1) is 20.4. The van der Waals surface area contributed by atoms with Crippen molar-refractivity contribution in [2.45, 2.75) is 13.5 Å². The summed E-state index contributed by atoms with van der Waals surface area (Å²) < 4.78 is 3.74. The van der Waals surface area contributed by atoms with Gasteiger partial charge >= 0.3 is 0 Å². The van der Waals surface area contributed by atoms with Crippen LogP contribution in [0.2, 0.25) is 0 Å². The largest absolute Gasteiger partial charge is 0.297 e. The second-order valence-corrected chi connectivity index (χ2v) is 7.93. The van der Waals surface area contributed by atoms with Gasteiger partial charge in [-0.15, -0.1) is 0 Å². The Hall–Kier alpha value is -2.89. The average Bonchev–Trinajstić information content (AvgIpc) is 2.99. The number of hydrogen-bond donors (Lipinski definition) is 0. The summed E-state index contributed by atoms with van der Waals surface area (Å²) in [5, 5.41) is 0. The molecule has 2 heterocycles. The zero-order chi connectivity index (χ0) is 20.9. The van der Waals surface area contributed by atoms with E-state index in [0.717, 1.165) is 49.7 Å². The van der Waals surface area contributed by atoms with Crippen molar-refractivity contribution in [2.75, 3.05) is 32.7 Å². The van der Waals surface area contributed by atoms with Crippen LogP contribution in [0.5, 0.6) is 0 Å². The fraction of sp³-hybridized carbons (Fsp3) is 0.320. The van der Waals surface area contributed by atoms with E-state index in [1.54, 1.807) is 4.68 Å². The molecule has 0 amide bonds. The molecule has 0 radical (unpaired) electrons. The molecule has 1 aliphatic rings. The highest BCUT2D eigenvalue weighted by Gasteiger charge is 2.21. The molecule has 4 rings (SSSR count). The van der Waals surface area contributed by atoms with E-state index in [9.17, 15) is 4.79 Å². The quantitative estimate of drug-likeness (QED) is 0.634. The summed E-state index contributed by atoms with van der Waals surface area (Å²) in [6.45, 7) is 7.74. The van der Waals surface area contributed by atoms with Gasteiger partial charge in [0.1, 0.15) is 0 Å². The van der Waals surface area contributed by atoms with E-state index in [2.05, 4.69) is 46.2 Å². The summed E-state index contributed by atoms with van der Waals surface area (Å²) in [5.41, 5.74) is 4.19. The van der Waals surface area contributed by atoms with Gasteiger partial charge in [-0.1, -0.05) is 60.7 Å². The van der Waals surface area contributed by atoms with Gasteiger partial charge in [-0.3, -0.25) is 19.3 Å². The van der Waals surface area contributed by atoms with Crippen LogP contribution in [0.4, 0.5) is 0 Å². The molecule has 0 spiro atoms. The molecule has 1 fully saturated rings. The molecule has 3 aromatic rings. The normalized spacial score (nSPS) is 15.8. The lowest BCUT2D eigenvalue weighted by Crippen LogP contribution is -2.46. The van der Waals surface area contributed by atoms with Crippen molar-refractivity contribution in [3.8, 4) is 5.69 Å². The predicted molar refractivity (Wildman–Crippen MR) is 123 cm³/mol. The van der Waals surface area contributed by atoms with Gasteiger partial charge in [0, 0.05) is 52.0 Å². The van der Waals surface area contributed by atoms with Gasteiger partial charge in [-0.2, -0.15) is 0 Å². The Labute approximate surface area is 178 Å². The molecule has 0 atom stereocenters. The van der Waals surface area contributed by atoms with Crippen molar-refractivity contribution < 1.29 is 0 Å². The standard InChI is InChI=1S/C25H30N4O/c1-21-24(25(30)29(26(21)2)23-13-7-4-8-14-23)20-28-18-16-27(17-19-28)15-9-12-22-10-5-3-6-11-22/h3-14H,15-20H2,1-2H3. The Morgan fingerprint density at radius 1 is 0.867 bits per heavy atom. The molecule has 156 valence electrons. The lowest BCUT2D eigenvalue weighted by atomic mass is 10.2. The van der Waals surface area contributed by atoms with E-state index < -0.39 is 0 Å². The number of aromatic nitrogens is 2. The second kappa shape index (κ2) is 9.28. The van der Waals surface area contributed by atoms with Gasteiger partial charge in [-0.05, 0) is 24.6 Å². The Morgan fingerprint density at radius 2 is 1.47 bits per heavy atom. The fourth-order valence-electron chi connectivity index (χ4n) is 4.06. The predicted octanol–water partition coefficient (Wildman–Crippen LogP) is 3.32. The minimum atomic E-state index is 0.0921. The van der Waals surface area contributed by atoms with Gasteiger partial charge in [0.25, 0.3) is 5.56 Å². The highest BCUT2D eigenvalue weighted by Crippen LogP contribution is 2.13. The van der Waals surface area contributed by atoms with Crippen LogP contribution in [-0.4, -0.2) is 51.9 Å². The van der Waals surface area contributed by atoms with Crippen LogP contribution in [-0.2, 0) is 13.6 Å². The SMILES string of the molecule is Cc1c(CN2CCN(CC=Cc3ccccc3)CC2)c(=O)n(-c2ccccc2)n1C. The van der Waals surface area contributed by atoms with Crippen LogP contribution in [0, 0.1) is 6.92 Å². The summed E-state index contributed by atoms with van der Waals surface area (Å²) >= 11 is 0. The summed E-state index contributed by atoms with van der Waals surface area (Å²) in [7, 11) is 1.96. The summed E-state index contributed by atoms with van der Waals surface area (Å²) in [4.78, 5) is 18.0. The summed E-state index contributed by atoms with van der Waals surface area (Å²) in [5.74, 6) is 0. The first-order valence-electron chi connectivity index (χ1n) is 10.6. The highest BCUT2D eigenvalue weighted by atomic mass is 16.1. The van der Waals surface area contributed by atoms with Crippen LogP contribution in [0.3, 0.4) is 0 Å². The smallest absolute Gasteiger partial charge is 0.276 e. The minimum Gasteiger partial charge on any atom is -0.297 e. The molecule has 0 unspecified atom stereocenters. The number of para-hydroxylation sites is 1. The number of benzene rings is 2. The lowest BCUT2D eigenvalue weighted by molar-refractivity contribution is 0.136. The topological polar surface area (TPSA) is 33.4 Å². The van der Waals surface area contributed by atoms with Crippen LogP contribution in [0.1, 0.15) is 16.8 Å². The first-order valence-corrected chi connectivity index (χ1v) is 10.6. The Morgan fingerprint density at radius 3 is 2.13 bits per heavy atom. The molecule has 5 nitrogen and oxygen atoms in total. The molecular weight excluding hydrogens is 372 g/mol. The third-order valence-electron chi connectivity index (χ3n) is 5.99. The third kappa shape index (κ3) is 4.48. The highest BCUT2D eigenvalue weighted by molar-refractivity contribution is 5.48. The van der Waals surface area contributed by atoms with E-state index in [4.69, 9.17) is 0 Å². The van der Waals surface area contributed by atoms with Crippen molar-refractivity contribution in [3.05, 3.63) is 93.9 Å².